The molecule has 1 aliphatic heterocycles. The summed E-state index contributed by atoms with van der Waals surface area (Å²) in [4.78, 5) is 11.2. The van der Waals surface area contributed by atoms with Crippen LogP contribution in [0.2, 0.25) is 0 Å². The van der Waals surface area contributed by atoms with Crippen LogP contribution in [0.3, 0.4) is 0 Å². The lowest BCUT2D eigenvalue weighted by atomic mass is 10.1. The summed E-state index contributed by atoms with van der Waals surface area (Å²) >= 11 is 0. The molecule has 0 unspecified atom stereocenters. The fraction of sp³-hybridized carbons (Fsp3) is 0.727. The summed E-state index contributed by atoms with van der Waals surface area (Å²) in [7, 11) is 0. The van der Waals surface area contributed by atoms with Crippen molar-refractivity contribution in [1.82, 2.24) is 0 Å². The smallest absolute Gasteiger partial charge is 0.133 e. The van der Waals surface area contributed by atoms with Gasteiger partial charge in [0.1, 0.15) is 5.78 Å². The van der Waals surface area contributed by atoms with Crippen molar-refractivity contribution in [3.8, 4) is 0 Å². The Bertz CT molecular complexity index is 173. The van der Waals surface area contributed by atoms with E-state index in [-0.39, 0.29) is 0 Å². The minimum Gasteiger partial charge on any atom is -0.502 e. The first-order valence-electron chi connectivity index (χ1n) is 5.18. The van der Waals surface area contributed by atoms with E-state index in [0.717, 1.165) is 32.1 Å². The number of rotatable bonds is 0. The molecule has 1 heterocycles. The van der Waals surface area contributed by atoms with Gasteiger partial charge >= 0.3 is 0 Å². The maximum Gasteiger partial charge on any atom is 0.133 e. The molecule has 0 aromatic heterocycles. The lowest BCUT2D eigenvalue weighted by molar-refractivity contribution is -0.119. The molecular formula is C11H18O2. The number of carbonyl (C=O) groups excluding carboxylic acids is 1. The van der Waals surface area contributed by atoms with Crippen molar-refractivity contribution >= 4 is 5.78 Å². The first-order valence-corrected chi connectivity index (χ1v) is 5.18. The van der Waals surface area contributed by atoms with Crippen LogP contribution >= 0.6 is 0 Å². The van der Waals surface area contributed by atoms with E-state index < -0.39 is 0 Å². The number of ether oxygens (including phenoxy) is 1. The summed E-state index contributed by atoms with van der Waals surface area (Å²) in [6.07, 6.45) is 10.6. The first kappa shape index (κ1) is 10.3. The Morgan fingerprint density at radius 2 is 1.92 bits per heavy atom. The maximum atomic E-state index is 11.2. The van der Waals surface area contributed by atoms with E-state index >= 15 is 0 Å². The van der Waals surface area contributed by atoms with Gasteiger partial charge in [0.2, 0.25) is 0 Å². The Morgan fingerprint density at radius 1 is 1.08 bits per heavy atom. The number of Topliss-reactive ketones (excluding diaryl/α,β-unsaturated/α-hetero) is 1. The Balaban J connectivity index is 2.24. The van der Waals surface area contributed by atoms with E-state index in [4.69, 9.17) is 4.74 Å². The molecule has 0 saturated heterocycles. The molecule has 1 aliphatic rings. The van der Waals surface area contributed by atoms with Crippen LogP contribution in [0.25, 0.3) is 0 Å². The van der Waals surface area contributed by atoms with Crippen LogP contribution in [0.5, 0.6) is 0 Å². The molecule has 0 aliphatic carbocycles. The van der Waals surface area contributed by atoms with Crippen LogP contribution in [-0.4, -0.2) is 12.4 Å². The van der Waals surface area contributed by atoms with Gasteiger partial charge in [0.15, 0.2) is 0 Å². The quantitative estimate of drug-likeness (QED) is 0.576. The summed E-state index contributed by atoms with van der Waals surface area (Å²) in [5.74, 6) is 0.396. The van der Waals surface area contributed by atoms with Crippen LogP contribution in [0, 0.1) is 0 Å². The van der Waals surface area contributed by atoms with Gasteiger partial charge in [-0.2, -0.15) is 0 Å². The molecule has 0 spiro atoms. The van der Waals surface area contributed by atoms with Crippen molar-refractivity contribution in [2.75, 3.05) is 6.61 Å². The third kappa shape index (κ3) is 5.45. The van der Waals surface area contributed by atoms with Crippen LogP contribution in [-0.2, 0) is 9.53 Å². The van der Waals surface area contributed by atoms with Crippen molar-refractivity contribution < 1.29 is 9.53 Å². The van der Waals surface area contributed by atoms with Crippen molar-refractivity contribution in [3.63, 3.8) is 0 Å². The van der Waals surface area contributed by atoms with E-state index in [2.05, 4.69) is 6.08 Å². The molecule has 0 aromatic rings. The van der Waals surface area contributed by atoms with Gasteiger partial charge in [0.25, 0.3) is 0 Å². The molecule has 0 atom stereocenters. The molecule has 0 bridgehead atoms. The average molecular weight is 182 g/mol. The molecular weight excluding hydrogens is 164 g/mol. The molecule has 0 saturated carbocycles. The lowest BCUT2D eigenvalue weighted by Gasteiger charge is -2.03. The van der Waals surface area contributed by atoms with E-state index in [1.54, 1.807) is 6.26 Å². The Morgan fingerprint density at radius 3 is 2.85 bits per heavy atom. The van der Waals surface area contributed by atoms with Gasteiger partial charge in [0.05, 0.1) is 12.9 Å². The second-order valence-corrected chi connectivity index (χ2v) is 3.48. The molecule has 2 heteroatoms. The highest BCUT2D eigenvalue weighted by Gasteiger charge is 2.01. The molecule has 74 valence electrons. The average Bonchev–Trinajstić information content (AvgIpc) is 2.11. The van der Waals surface area contributed by atoms with Gasteiger partial charge < -0.3 is 4.74 Å². The SMILES string of the molecule is O=C1CCCCCC=COCCC1. The van der Waals surface area contributed by atoms with Crippen LogP contribution in [0.1, 0.15) is 44.9 Å². The van der Waals surface area contributed by atoms with Crippen molar-refractivity contribution in [3.05, 3.63) is 12.3 Å². The number of hydrogen-bond donors (Lipinski definition) is 0. The third-order valence-corrected chi connectivity index (χ3v) is 2.24. The molecule has 0 fully saturated rings. The number of allylic oxidation sites excluding steroid dienone is 1. The highest BCUT2D eigenvalue weighted by atomic mass is 16.5. The van der Waals surface area contributed by atoms with Gasteiger partial charge in [0, 0.05) is 12.8 Å². The molecule has 13 heavy (non-hydrogen) atoms. The van der Waals surface area contributed by atoms with Gasteiger partial charge in [-0.15, -0.1) is 0 Å². The van der Waals surface area contributed by atoms with E-state index in [1.807, 2.05) is 0 Å². The summed E-state index contributed by atoms with van der Waals surface area (Å²) in [5, 5.41) is 0. The third-order valence-electron chi connectivity index (χ3n) is 2.24. The molecule has 1 rings (SSSR count). The van der Waals surface area contributed by atoms with Crippen molar-refractivity contribution in [1.29, 1.82) is 0 Å². The Hall–Kier alpha value is -0.790. The van der Waals surface area contributed by atoms with Gasteiger partial charge in [-0.25, -0.2) is 0 Å². The minimum absolute atomic E-state index is 0.396. The predicted octanol–water partition coefficient (Wildman–Crippen LogP) is 2.83. The summed E-state index contributed by atoms with van der Waals surface area (Å²) in [6.45, 7) is 0.683. The zero-order valence-corrected chi connectivity index (χ0v) is 8.13. The molecule has 0 N–H and O–H groups in total. The summed E-state index contributed by atoms with van der Waals surface area (Å²) in [5.41, 5.74) is 0. The van der Waals surface area contributed by atoms with Crippen LogP contribution in [0.15, 0.2) is 12.3 Å². The maximum absolute atomic E-state index is 11.2. The van der Waals surface area contributed by atoms with Crippen molar-refractivity contribution in [2.45, 2.75) is 44.9 Å². The van der Waals surface area contributed by atoms with Gasteiger partial charge in [-0.05, 0) is 31.8 Å². The summed E-state index contributed by atoms with van der Waals surface area (Å²) in [6, 6.07) is 0. The van der Waals surface area contributed by atoms with E-state index in [1.165, 1.54) is 6.42 Å². The van der Waals surface area contributed by atoms with Gasteiger partial charge in [-0.1, -0.05) is 6.42 Å². The molecule has 0 aromatic carbocycles. The standard InChI is InChI=1S/C11H18O2/c12-11-7-4-2-1-3-5-9-13-10-6-8-11/h5,9H,1-4,6-8,10H2. The van der Waals surface area contributed by atoms with Crippen LogP contribution < -0.4 is 0 Å². The zero-order valence-electron chi connectivity index (χ0n) is 8.13. The number of ketones is 1. The van der Waals surface area contributed by atoms with E-state index in [9.17, 15) is 4.79 Å². The highest BCUT2D eigenvalue weighted by molar-refractivity contribution is 5.78. The zero-order chi connectivity index (χ0) is 9.36. The Kier molecular flexibility index (Phi) is 5.30. The fourth-order valence-electron chi connectivity index (χ4n) is 1.44. The first-order chi connectivity index (χ1) is 6.39. The second kappa shape index (κ2) is 6.70. The topological polar surface area (TPSA) is 26.3 Å². The van der Waals surface area contributed by atoms with E-state index in [0.29, 0.717) is 18.8 Å². The normalized spacial score (nSPS) is 21.4. The van der Waals surface area contributed by atoms with Gasteiger partial charge in [-0.3, -0.25) is 4.79 Å². The van der Waals surface area contributed by atoms with Crippen LogP contribution in [0.4, 0.5) is 0 Å². The monoisotopic (exact) mass is 182 g/mol. The molecule has 0 amide bonds. The summed E-state index contributed by atoms with van der Waals surface area (Å²) < 4.78 is 5.22. The molecule has 0 radical (unpaired) electrons. The van der Waals surface area contributed by atoms with Crippen molar-refractivity contribution in [2.24, 2.45) is 0 Å². The largest absolute Gasteiger partial charge is 0.502 e. The highest BCUT2D eigenvalue weighted by Crippen LogP contribution is 2.07. The number of hydrogen-bond acceptors (Lipinski definition) is 2. The second-order valence-electron chi connectivity index (χ2n) is 3.48. The Labute approximate surface area is 80.0 Å². The fourth-order valence-corrected chi connectivity index (χ4v) is 1.44. The number of carbonyl (C=O) groups is 1. The minimum atomic E-state index is 0.396. The predicted molar refractivity (Wildman–Crippen MR) is 52.4 cm³/mol. The molecule has 2 nitrogen and oxygen atoms in total. The lowest BCUT2D eigenvalue weighted by Crippen LogP contribution is -2.00.